The summed E-state index contributed by atoms with van der Waals surface area (Å²) in [6, 6.07) is 0.116. The van der Waals surface area contributed by atoms with Gasteiger partial charge in [0.1, 0.15) is 0 Å². The van der Waals surface area contributed by atoms with Crippen molar-refractivity contribution in [1.29, 1.82) is 0 Å². The molecule has 0 saturated heterocycles. The number of rotatable bonds is 4. The third kappa shape index (κ3) is 3.34. The average Bonchev–Trinajstić information content (AvgIpc) is 2.75. The molecule has 0 aliphatic heterocycles. The summed E-state index contributed by atoms with van der Waals surface area (Å²) >= 11 is 3.44. The second kappa shape index (κ2) is 5.25. The number of aryl methyl sites for hydroxylation is 3. The zero-order chi connectivity index (χ0) is 12.4. The molecule has 5 heteroatoms. The normalized spacial score (nSPS) is 12.9. The minimum atomic E-state index is 0.116. The molecule has 0 aliphatic rings. The smallest absolute Gasteiger partial charge is 0.0946 e. The molecule has 3 nitrogen and oxygen atoms in total. The zero-order valence-corrected chi connectivity index (χ0v) is 12.0. The summed E-state index contributed by atoms with van der Waals surface area (Å²) in [5.74, 6) is 0. The molecule has 92 valence electrons. The van der Waals surface area contributed by atoms with E-state index in [-0.39, 0.29) is 6.04 Å². The van der Waals surface area contributed by atoms with Gasteiger partial charge in [0, 0.05) is 34.8 Å². The van der Waals surface area contributed by atoms with Crippen molar-refractivity contribution in [2.75, 3.05) is 0 Å². The highest BCUT2D eigenvalue weighted by Gasteiger charge is 2.11. The molecular weight excluding hydrogens is 250 g/mol. The Bertz CT molecular complexity index is 482. The minimum Gasteiger partial charge on any atom is -0.327 e. The largest absolute Gasteiger partial charge is 0.327 e. The maximum Gasteiger partial charge on any atom is 0.0946 e. The molecule has 0 aliphatic carbocycles. The standard InChI is InChI=1S/C12H17N3S2/c1-7-6-16-11(14-7)4-10(13)5-12-15-8(2)9(3)17-12/h6,10H,4-5,13H2,1-3H3. The maximum atomic E-state index is 6.14. The Hall–Kier alpha value is -0.780. The highest BCUT2D eigenvalue weighted by atomic mass is 32.1. The third-order valence-corrected chi connectivity index (χ3v) is 4.70. The molecule has 2 heterocycles. The Labute approximate surface area is 110 Å². The molecule has 2 aromatic heterocycles. The molecule has 1 atom stereocenters. The topological polar surface area (TPSA) is 51.8 Å². The first-order valence-corrected chi connectivity index (χ1v) is 7.33. The summed E-state index contributed by atoms with van der Waals surface area (Å²) in [5.41, 5.74) is 8.35. The Kier molecular flexibility index (Phi) is 3.91. The van der Waals surface area contributed by atoms with E-state index in [0.29, 0.717) is 0 Å². The van der Waals surface area contributed by atoms with Crippen LogP contribution in [0.3, 0.4) is 0 Å². The van der Waals surface area contributed by atoms with Gasteiger partial charge in [-0.3, -0.25) is 0 Å². The Morgan fingerprint density at radius 3 is 2.41 bits per heavy atom. The van der Waals surface area contributed by atoms with E-state index < -0.39 is 0 Å². The first-order valence-electron chi connectivity index (χ1n) is 5.64. The number of nitrogens with two attached hydrogens (primary N) is 1. The number of nitrogens with zero attached hydrogens (tertiary/aromatic N) is 2. The molecule has 0 radical (unpaired) electrons. The van der Waals surface area contributed by atoms with E-state index in [1.165, 1.54) is 4.88 Å². The van der Waals surface area contributed by atoms with Crippen molar-refractivity contribution in [3.63, 3.8) is 0 Å². The third-order valence-electron chi connectivity index (χ3n) is 2.61. The second-order valence-corrected chi connectivity index (χ2v) is 6.53. The first kappa shape index (κ1) is 12.7. The summed E-state index contributed by atoms with van der Waals surface area (Å²) in [7, 11) is 0. The van der Waals surface area contributed by atoms with E-state index in [1.54, 1.807) is 22.7 Å². The zero-order valence-electron chi connectivity index (χ0n) is 10.4. The van der Waals surface area contributed by atoms with Crippen molar-refractivity contribution >= 4 is 22.7 Å². The number of thiazole rings is 2. The lowest BCUT2D eigenvalue weighted by molar-refractivity contribution is 0.658. The van der Waals surface area contributed by atoms with Crippen molar-refractivity contribution in [3.05, 3.63) is 31.7 Å². The van der Waals surface area contributed by atoms with Gasteiger partial charge in [-0.1, -0.05) is 0 Å². The van der Waals surface area contributed by atoms with Crippen LogP contribution in [0.2, 0.25) is 0 Å². The van der Waals surface area contributed by atoms with E-state index in [0.717, 1.165) is 34.2 Å². The van der Waals surface area contributed by atoms with Crippen LogP contribution in [-0.4, -0.2) is 16.0 Å². The van der Waals surface area contributed by atoms with Crippen molar-refractivity contribution in [1.82, 2.24) is 9.97 Å². The average molecular weight is 267 g/mol. The predicted molar refractivity (Wildman–Crippen MR) is 73.8 cm³/mol. The van der Waals surface area contributed by atoms with E-state index in [9.17, 15) is 0 Å². The minimum absolute atomic E-state index is 0.116. The van der Waals surface area contributed by atoms with Gasteiger partial charge in [-0.05, 0) is 20.8 Å². The van der Waals surface area contributed by atoms with Crippen LogP contribution in [0.25, 0.3) is 0 Å². The molecule has 17 heavy (non-hydrogen) atoms. The molecule has 1 unspecified atom stereocenters. The van der Waals surface area contributed by atoms with Crippen LogP contribution < -0.4 is 5.73 Å². The summed E-state index contributed by atoms with van der Waals surface area (Å²) in [6.45, 7) is 6.16. The quantitative estimate of drug-likeness (QED) is 0.926. The van der Waals surface area contributed by atoms with Gasteiger partial charge in [0.05, 0.1) is 15.7 Å². The molecule has 0 bridgehead atoms. The van der Waals surface area contributed by atoms with Gasteiger partial charge < -0.3 is 5.73 Å². The number of hydrogen-bond donors (Lipinski definition) is 1. The lowest BCUT2D eigenvalue weighted by Gasteiger charge is -2.06. The van der Waals surface area contributed by atoms with E-state index in [2.05, 4.69) is 22.3 Å². The van der Waals surface area contributed by atoms with Crippen LogP contribution in [0.15, 0.2) is 5.38 Å². The summed E-state index contributed by atoms with van der Waals surface area (Å²) in [4.78, 5) is 10.2. The van der Waals surface area contributed by atoms with Crippen molar-refractivity contribution < 1.29 is 0 Å². The van der Waals surface area contributed by atoms with Crippen molar-refractivity contribution in [2.45, 2.75) is 39.7 Å². The lowest BCUT2D eigenvalue weighted by atomic mass is 10.1. The molecule has 2 N–H and O–H groups in total. The van der Waals surface area contributed by atoms with Gasteiger partial charge in [0.15, 0.2) is 0 Å². The summed E-state index contributed by atoms with van der Waals surface area (Å²) < 4.78 is 0. The van der Waals surface area contributed by atoms with Crippen LogP contribution in [-0.2, 0) is 12.8 Å². The number of aromatic nitrogens is 2. The van der Waals surface area contributed by atoms with E-state index in [4.69, 9.17) is 5.73 Å². The monoisotopic (exact) mass is 267 g/mol. The summed E-state index contributed by atoms with van der Waals surface area (Å²) in [5, 5.41) is 4.33. The van der Waals surface area contributed by atoms with Crippen LogP contribution >= 0.6 is 22.7 Å². The highest BCUT2D eigenvalue weighted by molar-refractivity contribution is 7.11. The lowest BCUT2D eigenvalue weighted by Crippen LogP contribution is -2.25. The van der Waals surface area contributed by atoms with Gasteiger partial charge in [0.25, 0.3) is 0 Å². The van der Waals surface area contributed by atoms with Gasteiger partial charge in [-0.2, -0.15) is 0 Å². The fraction of sp³-hybridized carbons (Fsp3) is 0.500. The van der Waals surface area contributed by atoms with Gasteiger partial charge in [-0.25, -0.2) is 9.97 Å². The SMILES string of the molecule is Cc1csc(CC(N)Cc2nc(C)c(C)s2)n1. The van der Waals surface area contributed by atoms with Crippen LogP contribution in [0.1, 0.15) is 26.3 Å². The molecule has 2 rings (SSSR count). The Balaban J connectivity index is 1.95. The molecular formula is C12H17N3S2. The Morgan fingerprint density at radius 2 is 1.88 bits per heavy atom. The molecule has 0 spiro atoms. The van der Waals surface area contributed by atoms with Gasteiger partial charge in [0.2, 0.25) is 0 Å². The first-order chi connectivity index (χ1) is 8.04. The fourth-order valence-electron chi connectivity index (χ4n) is 1.64. The maximum absolute atomic E-state index is 6.14. The molecule has 0 amide bonds. The second-order valence-electron chi connectivity index (χ2n) is 4.30. The van der Waals surface area contributed by atoms with Crippen LogP contribution in [0, 0.1) is 20.8 Å². The fourth-order valence-corrected chi connectivity index (χ4v) is 3.54. The Morgan fingerprint density at radius 1 is 1.18 bits per heavy atom. The van der Waals surface area contributed by atoms with Crippen LogP contribution in [0.5, 0.6) is 0 Å². The summed E-state index contributed by atoms with van der Waals surface area (Å²) in [6.07, 6.45) is 1.69. The number of hydrogen-bond acceptors (Lipinski definition) is 5. The predicted octanol–water partition coefficient (Wildman–Crippen LogP) is 2.64. The molecule has 0 aromatic carbocycles. The van der Waals surface area contributed by atoms with Crippen molar-refractivity contribution in [2.24, 2.45) is 5.73 Å². The molecule has 0 fully saturated rings. The van der Waals surface area contributed by atoms with Gasteiger partial charge >= 0.3 is 0 Å². The molecule has 0 saturated carbocycles. The highest BCUT2D eigenvalue weighted by Crippen LogP contribution is 2.19. The molecule has 2 aromatic rings. The van der Waals surface area contributed by atoms with E-state index >= 15 is 0 Å². The van der Waals surface area contributed by atoms with E-state index in [1.807, 2.05) is 13.8 Å². The van der Waals surface area contributed by atoms with Gasteiger partial charge in [-0.15, -0.1) is 22.7 Å². The van der Waals surface area contributed by atoms with Crippen LogP contribution in [0.4, 0.5) is 0 Å². The van der Waals surface area contributed by atoms with Crippen molar-refractivity contribution in [3.8, 4) is 0 Å².